The molecule has 0 aliphatic carbocycles. The number of aromatic nitrogens is 3. The Morgan fingerprint density at radius 1 is 1.03 bits per heavy atom. The van der Waals surface area contributed by atoms with Crippen molar-refractivity contribution in [1.29, 1.82) is 0 Å². The smallest absolute Gasteiger partial charge is 0.261 e. The van der Waals surface area contributed by atoms with Crippen molar-refractivity contribution in [3.05, 3.63) is 58.8 Å². The zero-order chi connectivity index (χ0) is 20.1. The number of imidazole rings is 1. The summed E-state index contributed by atoms with van der Waals surface area (Å²) in [6.45, 7) is 4.00. The fourth-order valence-corrected chi connectivity index (χ4v) is 4.97. The predicted octanol–water partition coefficient (Wildman–Crippen LogP) is 3.41. The summed E-state index contributed by atoms with van der Waals surface area (Å²) in [5, 5.41) is 3.50. The number of hydrogen-bond acceptors (Lipinski definition) is 5. The zero-order valence-corrected chi connectivity index (χ0v) is 19.2. The molecule has 0 radical (unpaired) electrons. The summed E-state index contributed by atoms with van der Waals surface area (Å²) in [6.07, 6.45) is 5.65. The Morgan fingerprint density at radius 2 is 1.88 bits per heavy atom. The number of nitrogens with one attached hydrogen (secondary N) is 1. The van der Waals surface area contributed by atoms with Gasteiger partial charge >= 0.3 is 0 Å². The minimum atomic E-state index is 0. The van der Waals surface area contributed by atoms with Crippen molar-refractivity contribution in [1.82, 2.24) is 19.4 Å². The Kier molecular flexibility index (Phi) is 6.51. The molecule has 1 fully saturated rings. The van der Waals surface area contributed by atoms with E-state index in [9.17, 15) is 4.79 Å². The maximum Gasteiger partial charge on any atom is 0.261 e. The minimum absolute atomic E-state index is 0. The average Bonchev–Trinajstić information content (AvgIpc) is 3.13. The van der Waals surface area contributed by atoms with Gasteiger partial charge in [-0.05, 0) is 43.1 Å². The lowest BCUT2D eigenvalue weighted by molar-refractivity contribution is 0.257. The van der Waals surface area contributed by atoms with Crippen LogP contribution < -0.4 is 20.3 Å². The number of ether oxygens (including phenoxy) is 2. The van der Waals surface area contributed by atoms with Crippen molar-refractivity contribution in [2.24, 2.45) is 5.92 Å². The van der Waals surface area contributed by atoms with Gasteiger partial charge in [-0.15, -0.1) is 24.8 Å². The van der Waals surface area contributed by atoms with E-state index in [0.717, 1.165) is 55.4 Å². The third-order valence-corrected chi connectivity index (χ3v) is 6.40. The molecule has 1 saturated heterocycles. The summed E-state index contributed by atoms with van der Waals surface area (Å²) < 4.78 is 15.5. The van der Waals surface area contributed by atoms with Gasteiger partial charge in [-0.3, -0.25) is 9.36 Å². The van der Waals surface area contributed by atoms with Crippen molar-refractivity contribution in [3.63, 3.8) is 0 Å². The number of rotatable bonds is 2. The van der Waals surface area contributed by atoms with Gasteiger partial charge in [-0.1, -0.05) is 0 Å². The van der Waals surface area contributed by atoms with Crippen LogP contribution in [0.3, 0.4) is 0 Å². The number of benzene rings is 1. The van der Waals surface area contributed by atoms with Gasteiger partial charge in [-0.2, -0.15) is 0 Å². The maximum absolute atomic E-state index is 13.4. The first-order valence-corrected chi connectivity index (χ1v) is 10.7. The summed E-state index contributed by atoms with van der Waals surface area (Å²) >= 11 is 0. The number of pyridine rings is 1. The molecule has 32 heavy (non-hydrogen) atoms. The van der Waals surface area contributed by atoms with Crippen LogP contribution in [0.1, 0.15) is 24.5 Å². The Balaban J connectivity index is 0.00000122. The standard InChI is InChI=1S/C23H24N4O3.2ClH/c28-23-18(3-4-19-16-10-15(12-24-13-16)14-27(19)23)22-25-6-7-26(22)17-2-5-20-21(11-17)30-9-1-8-29-20;;/h2-7,11,15-16,24H,1,8-10,12-14H2;2*1H/t15-,16+;;/m0../s1. The van der Waals surface area contributed by atoms with E-state index in [2.05, 4.69) is 16.4 Å². The van der Waals surface area contributed by atoms with Crippen LogP contribution in [-0.4, -0.2) is 40.4 Å². The highest BCUT2D eigenvalue weighted by Crippen LogP contribution is 2.34. The molecule has 2 bridgehead atoms. The Hall–Kier alpha value is -2.48. The number of halogens is 2. The summed E-state index contributed by atoms with van der Waals surface area (Å²) in [4.78, 5) is 18.0. The molecule has 1 aromatic carbocycles. The molecular formula is C23H26Cl2N4O3. The highest BCUT2D eigenvalue weighted by atomic mass is 35.5. The Bertz CT molecular complexity index is 1180. The lowest BCUT2D eigenvalue weighted by Gasteiger charge is -2.37. The van der Waals surface area contributed by atoms with Gasteiger partial charge in [0, 0.05) is 49.6 Å². The topological polar surface area (TPSA) is 70.3 Å². The summed E-state index contributed by atoms with van der Waals surface area (Å²) in [5.74, 6) is 3.07. The lowest BCUT2D eigenvalue weighted by Crippen LogP contribution is -2.45. The van der Waals surface area contributed by atoms with E-state index in [1.54, 1.807) is 6.20 Å². The molecule has 170 valence electrons. The van der Waals surface area contributed by atoms with E-state index in [-0.39, 0.29) is 30.4 Å². The fraction of sp³-hybridized carbons (Fsp3) is 0.391. The molecule has 2 aromatic heterocycles. The Morgan fingerprint density at radius 3 is 2.75 bits per heavy atom. The van der Waals surface area contributed by atoms with Crippen molar-refractivity contribution < 1.29 is 9.47 Å². The number of hydrogen-bond donors (Lipinski definition) is 1. The molecule has 9 heteroatoms. The molecule has 0 spiro atoms. The highest BCUT2D eigenvalue weighted by molar-refractivity contribution is 5.85. The molecule has 1 N–H and O–H groups in total. The highest BCUT2D eigenvalue weighted by Gasteiger charge is 2.31. The first kappa shape index (κ1) is 22.7. The summed E-state index contributed by atoms with van der Waals surface area (Å²) in [6, 6.07) is 9.90. The van der Waals surface area contributed by atoms with Crippen LogP contribution in [0.5, 0.6) is 11.5 Å². The van der Waals surface area contributed by atoms with Crippen LogP contribution in [-0.2, 0) is 6.54 Å². The molecule has 3 aliphatic heterocycles. The third kappa shape index (κ3) is 3.78. The first-order chi connectivity index (χ1) is 14.8. The van der Waals surface area contributed by atoms with E-state index in [1.165, 1.54) is 0 Å². The van der Waals surface area contributed by atoms with Crippen LogP contribution in [0.2, 0.25) is 0 Å². The number of piperidine rings is 1. The number of fused-ring (bicyclic) bond motifs is 5. The average molecular weight is 477 g/mol. The zero-order valence-electron chi connectivity index (χ0n) is 17.5. The van der Waals surface area contributed by atoms with Crippen LogP contribution in [0, 0.1) is 5.92 Å². The van der Waals surface area contributed by atoms with Gasteiger partial charge in [0.05, 0.1) is 24.5 Å². The molecule has 7 nitrogen and oxygen atoms in total. The SMILES string of the molecule is Cl.Cl.O=c1c(-c2nccn2-c2ccc3c(c2)OCCCO3)ccc2n1C[C@@H]1CNC[C@H]2C1. The van der Waals surface area contributed by atoms with E-state index >= 15 is 0 Å². The van der Waals surface area contributed by atoms with Gasteiger partial charge in [0.1, 0.15) is 5.82 Å². The second-order valence-electron chi connectivity index (χ2n) is 8.35. The second-order valence-corrected chi connectivity index (χ2v) is 8.35. The molecular weight excluding hydrogens is 451 g/mol. The second kappa shape index (κ2) is 9.17. The number of nitrogens with zero attached hydrogens (tertiary/aromatic N) is 3. The van der Waals surface area contributed by atoms with Gasteiger partial charge in [0.2, 0.25) is 0 Å². The largest absolute Gasteiger partial charge is 0.490 e. The predicted molar refractivity (Wildman–Crippen MR) is 127 cm³/mol. The van der Waals surface area contributed by atoms with Crippen molar-refractivity contribution in [2.45, 2.75) is 25.3 Å². The third-order valence-electron chi connectivity index (χ3n) is 6.40. The van der Waals surface area contributed by atoms with Gasteiger partial charge in [0.25, 0.3) is 5.56 Å². The van der Waals surface area contributed by atoms with Crippen molar-refractivity contribution in [3.8, 4) is 28.6 Å². The molecule has 3 aliphatic rings. The van der Waals surface area contributed by atoms with Crippen LogP contribution in [0.15, 0.2) is 47.5 Å². The summed E-state index contributed by atoms with van der Waals surface area (Å²) in [7, 11) is 0. The molecule has 0 unspecified atom stereocenters. The molecule has 2 atom stereocenters. The van der Waals surface area contributed by atoms with E-state index in [0.29, 0.717) is 36.4 Å². The van der Waals surface area contributed by atoms with Crippen LogP contribution in [0.4, 0.5) is 0 Å². The summed E-state index contributed by atoms with van der Waals surface area (Å²) in [5.41, 5.74) is 2.71. The van der Waals surface area contributed by atoms with Gasteiger partial charge in [-0.25, -0.2) is 4.98 Å². The quantitative estimate of drug-likeness (QED) is 0.613. The first-order valence-electron chi connectivity index (χ1n) is 10.7. The van der Waals surface area contributed by atoms with E-state index in [4.69, 9.17) is 9.47 Å². The van der Waals surface area contributed by atoms with E-state index < -0.39 is 0 Å². The monoisotopic (exact) mass is 476 g/mol. The maximum atomic E-state index is 13.4. The lowest BCUT2D eigenvalue weighted by atomic mass is 9.84. The van der Waals surface area contributed by atoms with Gasteiger partial charge in [0.15, 0.2) is 11.5 Å². The molecule has 0 amide bonds. The molecule has 3 aromatic rings. The molecule has 6 rings (SSSR count). The van der Waals surface area contributed by atoms with Gasteiger partial charge < -0.3 is 19.4 Å². The van der Waals surface area contributed by atoms with E-state index in [1.807, 2.05) is 39.6 Å². The van der Waals surface area contributed by atoms with Crippen LogP contribution >= 0.6 is 24.8 Å². The molecule has 0 saturated carbocycles. The van der Waals surface area contributed by atoms with Crippen LogP contribution in [0.25, 0.3) is 17.1 Å². The fourth-order valence-electron chi connectivity index (χ4n) is 4.97. The van der Waals surface area contributed by atoms with Crippen molar-refractivity contribution in [2.75, 3.05) is 26.3 Å². The normalized spacial score (nSPS) is 20.9. The molecule has 5 heterocycles. The Labute approximate surface area is 198 Å². The minimum Gasteiger partial charge on any atom is -0.490 e. The van der Waals surface area contributed by atoms with Crippen molar-refractivity contribution >= 4 is 24.8 Å².